The Morgan fingerprint density at radius 1 is 1.09 bits per heavy atom. The highest BCUT2D eigenvalue weighted by Crippen LogP contribution is 2.21. The molecule has 114 valence electrons. The predicted molar refractivity (Wildman–Crippen MR) is 90.4 cm³/mol. The van der Waals surface area contributed by atoms with Gasteiger partial charge in [-0.15, -0.1) is 0 Å². The van der Waals surface area contributed by atoms with E-state index in [1.165, 1.54) is 0 Å². The zero-order chi connectivity index (χ0) is 16.1. The van der Waals surface area contributed by atoms with Gasteiger partial charge in [-0.2, -0.15) is 5.10 Å². The number of hydrogen-bond donors (Lipinski definition) is 1. The fraction of sp³-hybridized carbons (Fsp3) is 0.0526. The van der Waals surface area contributed by atoms with Crippen molar-refractivity contribution < 1.29 is 9.53 Å². The lowest BCUT2D eigenvalue weighted by atomic mass is 10.1. The molecule has 23 heavy (non-hydrogen) atoms. The van der Waals surface area contributed by atoms with Crippen molar-refractivity contribution >= 4 is 11.9 Å². The normalized spacial score (nSPS) is 10.8. The summed E-state index contributed by atoms with van der Waals surface area (Å²) in [6, 6.07) is 18.7. The van der Waals surface area contributed by atoms with E-state index in [9.17, 15) is 4.79 Å². The van der Waals surface area contributed by atoms with Gasteiger partial charge in [0.05, 0.1) is 18.5 Å². The number of benzene rings is 2. The SMILES string of the molecule is COc1ccc(-c2cc(C=CC(=O)c3ccccc3)[nH]n2)cc1. The molecule has 4 heteroatoms. The summed E-state index contributed by atoms with van der Waals surface area (Å²) in [6.07, 6.45) is 3.27. The molecule has 0 bridgehead atoms. The third-order valence-electron chi connectivity index (χ3n) is 3.46. The summed E-state index contributed by atoms with van der Waals surface area (Å²) in [6.45, 7) is 0. The van der Waals surface area contributed by atoms with Gasteiger partial charge in [-0.05, 0) is 42.5 Å². The number of ketones is 1. The van der Waals surface area contributed by atoms with E-state index in [1.807, 2.05) is 48.5 Å². The van der Waals surface area contributed by atoms with Crippen molar-refractivity contribution in [2.24, 2.45) is 0 Å². The van der Waals surface area contributed by atoms with Crippen LogP contribution in [0.3, 0.4) is 0 Å². The van der Waals surface area contributed by atoms with E-state index in [4.69, 9.17) is 4.74 Å². The highest BCUT2D eigenvalue weighted by atomic mass is 16.5. The van der Waals surface area contributed by atoms with Crippen LogP contribution in [0.4, 0.5) is 0 Å². The molecule has 0 aliphatic carbocycles. The van der Waals surface area contributed by atoms with E-state index in [2.05, 4.69) is 10.2 Å². The first-order valence-corrected chi connectivity index (χ1v) is 7.23. The lowest BCUT2D eigenvalue weighted by Gasteiger charge is -1.99. The Bertz CT molecular complexity index is 818. The molecule has 0 atom stereocenters. The summed E-state index contributed by atoms with van der Waals surface area (Å²) in [4.78, 5) is 12.0. The van der Waals surface area contributed by atoms with Crippen molar-refractivity contribution in [3.63, 3.8) is 0 Å². The fourth-order valence-corrected chi connectivity index (χ4v) is 2.20. The maximum atomic E-state index is 12.0. The molecule has 0 spiro atoms. The van der Waals surface area contributed by atoms with Crippen molar-refractivity contribution in [2.75, 3.05) is 7.11 Å². The maximum Gasteiger partial charge on any atom is 0.185 e. The molecular formula is C19H16N2O2. The van der Waals surface area contributed by atoms with Crippen LogP contribution in [-0.2, 0) is 0 Å². The quantitative estimate of drug-likeness (QED) is 0.573. The second kappa shape index (κ2) is 6.75. The summed E-state index contributed by atoms with van der Waals surface area (Å²) in [7, 11) is 1.64. The number of allylic oxidation sites excluding steroid dienone is 1. The number of carbonyl (C=O) groups excluding carboxylic acids is 1. The number of aromatic amines is 1. The molecule has 1 N–H and O–H groups in total. The molecule has 0 radical (unpaired) electrons. The first-order valence-electron chi connectivity index (χ1n) is 7.23. The van der Waals surface area contributed by atoms with Gasteiger partial charge in [-0.3, -0.25) is 9.89 Å². The molecule has 0 aliphatic heterocycles. The number of ether oxygens (including phenoxy) is 1. The van der Waals surface area contributed by atoms with Crippen molar-refractivity contribution in [2.45, 2.75) is 0 Å². The van der Waals surface area contributed by atoms with Gasteiger partial charge in [-0.25, -0.2) is 0 Å². The third kappa shape index (κ3) is 3.55. The lowest BCUT2D eigenvalue weighted by Crippen LogP contribution is -1.92. The first-order chi connectivity index (χ1) is 11.3. The highest BCUT2D eigenvalue weighted by molar-refractivity contribution is 6.06. The van der Waals surface area contributed by atoms with Crippen LogP contribution in [0.1, 0.15) is 16.1 Å². The number of rotatable bonds is 5. The minimum absolute atomic E-state index is 0.0359. The standard InChI is InChI=1S/C19H16N2O2/c1-23-17-10-7-14(8-11-17)18-13-16(20-21-18)9-12-19(22)15-5-3-2-4-6-15/h2-13H,1H3,(H,20,21). The van der Waals surface area contributed by atoms with Crippen molar-refractivity contribution in [1.82, 2.24) is 10.2 Å². The fourth-order valence-electron chi connectivity index (χ4n) is 2.20. The molecule has 3 aromatic rings. The van der Waals surface area contributed by atoms with Crippen LogP contribution in [0.2, 0.25) is 0 Å². The smallest absolute Gasteiger partial charge is 0.185 e. The van der Waals surface area contributed by atoms with Crippen LogP contribution in [0.5, 0.6) is 5.75 Å². The number of hydrogen-bond acceptors (Lipinski definition) is 3. The summed E-state index contributed by atoms with van der Waals surface area (Å²) in [5.74, 6) is 0.768. The highest BCUT2D eigenvalue weighted by Gasteiger charge is 2.04. The van der Waals surface area contributed by atoms with Gasteiger partial charge in [0, 0.05) is 11.1 Å². The molecule has 0 unspecified atom stereocenters. The second-order valence-corrected chi connectivity index (χ2v) is 5.00. The molecule has 0 amide bonds. The van der Waals surface area contributed by atoms with E-state index >= 15 is 0 Å². The van der Waals surface area contributed by atoms with Crippen LogP contribution >= 0.6 is 0 Å². The topological polar surface area (TPSA) is 55.0 Å². The first kappa shape index (κ1) is 14.8. The number of H-pyrrole nitrogens is 1. The van der Waals surface area contributed by atoms with Crippen molar-refractivity contribution in [3.8, 4) is 17.0 Å². The Hall–Kier alpha value is -3.14. The molecule has 0 aliphatic rings. The molecule has 3 rings (SSSR count). The monoisotopic (exact) mass is 304 g/mol. The van der Waals surface area contributed by atoms with Crippen LogP contribution < -0.4 is 4.74 Å². The number of methoxy groups -OCH3 is 1. The molecule has 1 heterocycles. The Balaban J connectivity index is 1.74. The number of carbonyl (C=O) groups is 1. The summed E-state index contributed by atoms with van der Waals surface area (Å²) >= 11 is 0. The molecule has 0 saturated carbocycles. The molecule has 2 aromatic carbocycles. The molecule has 0 saturated heterocycles. The van der Waals surface area contributed by atoms with Gasteiger partial charge in [0.15, 0.2) is 5.78 Å². The average molecular weight is 304 g/mol. The van der Waals surface area contributed by atoms with Gasteiger partial charge in [-0.1, -0.05) is 30.3 Å². The lowest BCUT2D eigenvalue weighted by molar-refractivity contribution is 0.104. The average Bonchev–Trinajstić information content (AvgIpc) is 3.09. The van der Waals surface area contributed by atoms with Crippen molar-refractivity contribution in [1.29, 1.82) is 0 Å². The third-order valence-corrected chi connectivity index (χ3v) is 3.46. The van der Waals surface area contributed by atoms with E-state index in [0.717, 1.165) is 22.7 Å². The number of nitrogens with zero attached hydrogens (tertiary/aromatic N) is 1. The van der Waals surface area contributed by atoms with Crippen LogP contribution in [-0.4, -0.2) is 23.1 Å². The molecular weight excluding hydrogens is 288 g/mol. The van der Waals surface area contributed by atoms with Gasteiger partial charge >= 0.3 is 0 Å². The number of nitrogens with one attached hydrogen (secondary N) is 1. The van der Waals surface area contributed by atoms with Gasteiger partial charge in [0.2, 0.25) is 0 Å². The maximum absolute atomic E-state index is 12.0. The summed E-state index contributed by atoms with van der Waals surface area (Å²) < 4.78 is 5.14. The Morgan fingerprint density at radius 2 is 1.83 bits per heavy atom. The zero-order valence-corrected chi connectivity index (χ0v) is 12.7. The molecule has 4 nitrogen and oxygen atoms in total. The summed E-state index contributed by atoms with van der Waals surface area (Å²) in [5.41, 5.74) is 3.24. The molecule has 0 fully saturated rings. The second-order valence-electron chi connectivity index (χ2n) is 5.00. The van der Waals surface area contributed by atoms with Crippen LogP contribution in [0.25, 0.3) is 17.3 Å². The Morgan fingerprint density at radius 3 is 2.52 bits per heavy atom. The van der Waals surface area contributed by atoms with Gasteiger partial charge in [0.1, 0.15) is 5.75 Å². The summed E-state index contributed by atoms with van der Waals surface area (Å²) in [5, 5.41) is 7.18. The Kier molecular flexibility index (Phi) is 4.34. The van der Waals surface area contributed by atoms with Gasteiger partial charge in [0.25, 0.3) is 0 Å². The van der Waals surface area contributed by atoms with E-state index in [-0.39, 0.29) is 5.78 Å². The van der Waals surface area contributed by atoms with Crippen LogP contribution in [0.15, 0.2) is 66.7 Å². The predicted octanol–water partition coefficient (Wildman–Crippen LogP) is 3.98. The Labute approximate surface area is 134 Å². The largest absolute Gasteiger partial charge is 0.497 e. The van der Waals surface area contributed by atoms with Gasteiger partial charge < -0.3 is 4.74 Å². The van der Waals surface area contributed by atoms with E-state index in [1.54, 1.807) is 31.4 Å². The number of aromatic nitrogens is 2. The van der Waals surface area contributed by atoms with E-state index < -0.39 is 0 Å². The van der Waals surface area contributed by atoms with Crippen LogP contribution in [0, 0.1) is 0 Å². The molecule has 1 aromatic heterocycles. The zero-order valence-electron chi connectivity index (χ0n) is 12.7. The minimum Gasteiger partial charge on any atom is -0.497 e. The minimum atomic E-state index is -0.0359. The van der Waals surface area contributed by atoms with Crippen molar-refractivity contribution in [3.05, 3.63) is 78.0 Å². The van der Waals surface area contributed by atoms with E-state index in [0.29, 0.717) is 5.56 Å².